The maximum Gasteiger partial charge on any atom is 0.115 e. The van der Waals surface area contributed by atoms with Gasteiger partial charge in [-0.2, -0.15) is 0 Å². The van der Waals surface area contributed by atoms with Crippen molar-refractivity contribution in [3.63, 3.8) is 0 Å². The second-order valence-corrected chi connectivity index (χ2v) is 4.27. The summed E-state index contributed by atoms with van der Waals surface area (Å²) >= 11 is 11.5. The van der Waals surface area contributed by atoms with E-state index in [1.807, 2.05) is 19.9 Å². The van der Waals surface area contributed by atoms with Gasteiger partial charge in [0.1, 0.15) is 5.75 Å². The average molecular weight is 270 g/mol. The van der Waals surface area contributed by atoms with Gasteiger partial charge in [-0.15, -0.1) is 0 Å². The Morgan fingerprint density at radius 3 is 1.71 bits per heavy atom. The summed E-state index contributed by atoms with van der Waals surface area (Å²) in [5.41, 5.74) is 1.65. The van der Waals surface area contributed by atoms with Crippen LogP contribution in [0.25, 0.3) is 0 Å². The van der Waals surface area contributed by atoms with Crippen molar-refractivity contribution in [3.8, 4) is 5.75 Å². The van der Waals surface area contributed by atoms with Crippen molar-refractivity contribution in [3.05, 3.63) is 57.8 Å². The molecular formula is C13H13Cl2NO. The van der Waals surface area contributed by atoms with Crippen LogP contribution in [0.2, 0.25) is 10.0 Å². The van der Waals surface area contributed by atoms with Crippen molar-refractivity contribution in [1.29, 1.82) is 0 Å². The number of para-hydroxylation sites is 1. The number of aromatic nitrogens is 1. The first-order valence-corrected chi connectivity index (χ1v) is 5.79. The molecule has 1 aromatic carbocycles. The van der Waals surface area contributed by atoms with Gasteiger partial charge in [0, 0.05) is 0 Å². The van der Waals surface area contributed by atoms with Crippen molar-refractivity contribution in [2.45, 2.75) is 13.8 Å². The molecule has 0 aliphatic heterocycles. The topological polar surface area (TPSA) is 33.1 Å². The molecule has 2 aromatic rings. The van der Waals surface area contributed by atoms with Crippen LogP contribution in [0, 0.1) is 13.8 Å². The highest BCUT2D eigenvalue weighted by atomic mass is 35.5. The van der Waals surface area contributed by atoms with E-state index in [2.05, 4.69) is 4.98 Å². The van der Waals surface area contributed by atoms with E-state index in [0.717, 1.165) is 11.4 Å². The van der Waals surface area contributed by atoms with E-state index >= 15 is 0 Å². The van der Waals surface area contributed by atoms with Crippen LogP contribution in [-0.4, -0.2) is 10.1 Å². The number of rotatable bonds is 0. The summed E-state index contributed by atoms with van der Waals surface area (Å²) in [4.78, 5) is 4.11. The molecule has 0 amide bonds. The molecule has 0 atom stereocenters. The average Bonchev–Trinajstić information content (AvgIpc) is 2.28. The lowest BCUT2D eigenvalue weighted by atomic mass is 10.3. The SMILES string of the molecule is Cc1nc(C)c(Cl)cc1Cl.Oc1ccccc1. The van der Waals surface area contributed by atoms with Gasteiger partial charge >= 0.3 is 0 Å². The highest BCUT2D eigenvalue weighted by molar-refractivity contribution is 6.35. The summed E-state index contributed by atoms with van der Waals surface area (Å²) in [7, 11) is 0. The third kappa shape index (κ3) is 4.63. The van der Waals surface area contributed by atoms with Gasteiger partial charge in [0.25, 0.3) is 0 Å². The van der Waals surface area contributed by atoms with E-state index in [1.165, 1.54) is 0 Å². The van der Waals surface area contributed by atoms with Gasteiger partial charge in [0.2, 0.25) is 0 Å². The number of benzene rings is 1. The summed E-state index contributed by atoms with van der Waals surface area (Å²) in [6.07, 6.45) is 0. The van der Waals surface area contributed by atoms with Gasteiger partial charge in [-0.1, -0.05) is 41.4 Å². The zero-order valence-electron chi connectivity index (χ0n) is 9.61. The third-order valence-corrected chi connectivity index (χ3v) is 2.80. The summed E-state index contributed by atoms with van der Waals surface area (Å²) < 4.78 is 0. The molecule has 0 radical (unpaired) electrons. The lowest BCUT2D eigenvalue weighted by molar-refractivity contribution is 0.475. The predicted octanol–water partition coefficient (Wildman–Crippen LogP) is 4.40. The van der Waals surface area contributed by atoms with E-state index in [-0.39, 0.29) is 0 Å². The Bertz CT molecular complexity index is 436. The van der Waals surface area contributed by atoms with Crippen molar-refractivity contribution in [2.24, 2.45) is 0 Å². The Morgan fingerprint density at radius 2 is 1.41 bits per heavy atom. The number of nitrogens with zero attached hydrogens (tertiary/aromatic N) is 1. The lowest BCUT2D eigenvalue weighted by Gasteiger charge is -1.99. The number of phenols is 1. The molecule has 0 aliphatic carbocycles. The molecule has 2 nitrogen and oxygen atoms in total. The van der Waals surface area contributed by atoms with Crippen LogP contribution >= 0.6 is 23.2 Å². The van der Waals surface area contributed by atoms with Crippen molar-refractivity contribution >= 4 is 23.2 Å². The maximum atomic E-state index is 8.63. The molecule has 0 saturated carbocycles. The van der Waals surface area contributed by atoms with E-state index in [4.69, 9.17) is 28.3 Å². The van der Waals surface area contributed by atoms with Crippen molar-refractivity contribution < 1.29 is 5.11 Å². The normalized spacial score (nSPS) is 9.41. The smallest absolute Gasteiger partial charge is 0.115 e. The molecule has 1 N–H and O–H groups in total. The quantitative estimate of drug-likeness (QED) is 0.769. The van der Waals surface area contributed by atoms with Gasteiger partial charge in [-0.05, 0) is 32.0 Å². The summed E-state index contributed by atoms with van der Waals surface area (Å²) in [6, 6.07) is 10.4. The number of phenolic OH excluding ortho intramolecular Hbond substituents is 1. The molecule has 0 spiro atoms. The van der Waals surface area contributed by atoms with Crippen LogP contribution in [0.1, 0.15) is 11.4 Å². The first kappa shape index (κ1) is 13.8. The van der Waals surface area contributed by atoms with Crippen LogP contribution in [0.3, 0.4) is 0 Å². The minimum absolute atomic E-state index is 0.322. The molecule has 2 rings (SSSR count). The number of pyridine rings is 1. The number of aromatic hydroxyl groups is 1. The fourth-order valence-electron chi connectivity index (χ4n) is 1.11. The minimum Gasteiger partial charge on any atom is -0.508 e. The summed E-state index contributed by atoms with van der Waals surface area (Å²) in [6.45, 7) is 3.71. The van der Waals surface area contributed by atoms with Gasteiger partial charge in [0.05, 0.1) is 21.4 Å². The van der Waals surface area contributed by atoms with E-state index in [1.54, 1.807) is 30.3 Å². The van der Waals surface area contributed by atoms with Crippen LogP contribution in [0.4, 0.5) is 0 Å². The lowest BCUT2D eigenvalue weighted by Crippen LogP contribution is -1.87. The zero-order valence-corrected chi connectivity index (χ0v) is 11.1. The number of halogens is 2. The summed E-state index contributed by atoms with van der Waals surface area (Å²) in [5, 5.41) is 9.87. The highest BCUT2D eigenvalue weighted by Crippen LogP contribution is 2.20. The molecule has 0 saturated heterocycles. The highest BCUT2D eigenvalue weighted by Gasteiger charge is 2.00. The Balaban J connectivity index is 0.000000181. The zero-order chi connectivity index (χ0) is 12.8. The standard InChI is InChI=1S/C7H7Cl2N.C6H6O/c1-4-6(8)3-7(9)5(2)10-4;7-6-4-2-1-3-5-6/h3H,1-2H3;1-5,7H. The second kappa shape index (κ2) is 6.48. The van der Waals surface area contributed by atoms with Crippen LogP contribution in [0.5, 0.6) is 5.75 Å². The van der Waals surface area contributed by atoms with Crippen molar-refractivity contribution in [2.75, 3.05) is 0 Å². The Hall–Kier alpha value is -1.25. The number of aryl methyl sites for hydroxylation is 2. The molecule has 0 unspecified atom stereocenters. The molecule has 0 aliphatic rings. The molecular weight excluding hydrogens is 257 g/mol. The molecule has 90 valence electrons. The number of hydrogen-bond acceptors (Lipinski definition) is 2. The molecule has 17 heavy (non-hydrogen) atoms. The fourth-order valence-corrected chi connectivity index (χ4v) is 1.47. The Labute approximate surface area is 111 Å². The Morgan fingerprint density at radius 1 is 0.941 bits per heavy atom. The van der Waals surface area contributed by atoms with Crippen LogP contribution in [0.15, 0.2) is 36.4 Å². The van der Waals surface area contributed by atoms with Crippen molar-refractivity contribution in [1.82, 2.24) is 4.98 Å². The monoisotopic (exact) mass is 269 g/mol. The van der Waals surface area contributed by atoms with Gasteiger partial charge < -0.3 is 5.11 Å². The minimum atomic E-state index is 0.322. The van der Waals surface area contributed by atoms with E-state index < -0.39 is 0 Å². The van der Waals surface area contributed by atoms with Gasteiger partial charge in [0.15, 0.2) is 0 Å². The first-order valence-electron chi connectivity index (χ1n) is 5.04. The van der Waals surface area contributed by atoms with E-state index in [0.29, 0.717) is 15.8 Å². The summed E-state index contributed by atoms with van der Waals surface area (Å²) in [5.74, 6) is 0.322. The van der Waals surface area contributed by atoms with Crippen LogP contribution in [-0.2, 0) is 0 Å². The maximum absolute atomic E-state index is 8.63. The Kier molecular flexibility index (Phi) is 5.26. The molecule has 0 fully saturated rings. The van der Waals surface area contributed by atoms with E-state index in [9.17, 15) is 0 Å². The largest absolute Gasteiger partial charge is 0.508 e. The van der Waals surface area contributed by atoms with Gasteiger partial charge in [-0.25, -0.2) is 0 Å². The third-order valence-electron chi connectivity index (χ3n) is 2.04. The molecule has 0 bridgehead atoms. The molecule has 1 heterocycles. The van der Waals surface area contributed by atoms with Gasteiger partial charge in [-0.3, -0.25) is 4.98 Å². The second-order valence-electron chi connectivity index (χ2n) is 3.46. The molecule has 1 aromatic heterocycles. The predicted molar refractivity (Wildman–Crippen MR) is 71.8 cm³/mol. The van der Waals surface area contributed by atoms with Crippen LogP contribution < -0.4 is 0 Å². The molecule has 4 heteroatoms. The first-order chi connectivity index (χ1) is 8.00. The fraction of sp³-hybridized carbons (Fsp3) is 0.154. The number of hydrogen-bond donors (Lipinski definition) is 1.